The van der Waals surface area contributed by atoms with Crippen molar-refractivity contribution in [2.75, 3.05) is 31.9 Å². The summed E-state index contributed by atoms with van der Waals surface area (Å²) in [5.41, 5.74) is 22.2. The number of hydrogen-bond donors (Lipinski definition) is 13. The van der Waals surface area contributed by atoms with E-state index in [1.165, 1.54) is 11.8 Å². The third kappa shape index (κ3) is 19.4. The zero-order valence-corrected chi connectivity index (χ0v) is 37.6. The molecule has 25 heteroatoms. The predicted octanol–water partition coefficient (Wildman–Crippen LogP) is -4.79. The van der Waals surface area contributed by atoms with Gasteiger partial charge in [0.05, 0.1) is 19.5 Å². The molecule has 1 heterocycles. The molecule has 2 rings (SSSR count). The number of primary amides is 1. The van der Waals surface area contributed by atoms with Gasteiger partial charge in [0.2, 0.25) is 53.2 Å². The van der Waals surface area contributed by atoms with Gasteiger partial charge in [0.25, 0.3) is 0 Å². The molecule has 0 unspecified atom stereocenters. The SMILES string of the molecule is CC(C)C[C@H](NC(=O)[C@H](CC(N)=O)NC(=O)[C@H](CS)NC(=O)[C@H](CCCN=C(N)N)NC(=O)[C@@H]1CCCN1C(=O)CNC(=O)[C@H](C)NC(=O)CN)C(=O)N[C@@H](Cc1ccccc1)C(=O)O. The van der Waals surface area contributed by atoms with E-state index in [9.17, 15) is 53.1 Å². The summed E-state index contributed by atoms with van der Waals surface area (Å²) < 4.78 is 0. The lowest BCUT2D eigenvalue weighted by atomic mass is 10.0. The summed E-state index contributed by atoms with van der Waals surface area (Å²) in [6.07, 6.45) is -0.00537. The summed E-state index contributed by atoms with van der Waals surface area (Å²) in [6, 6.07) is -0.603. The zero-order chi connectivity index (χ0) is 48.8. The first kappa shape index (κ1) is 54.6. The van der Waals surface area contributed by atoms with Crippen LogP contribution in [0.25, 0.3) is 0 Å². The summed E-state index contributed by atoms with van der Waals surface area (Å²) in [4.78, 5) is 135. The van der Waals surface area contributed by atoms with Crippen molar-refractivity contribution >= 4 is 77.7 Å². The van der Waals surface area contributed by atoms with Crippen molar-refractivity contribution < 1.29 is 53.1 Å². The number of guanidine groups is 1. The lowest BCUT2D eigenvalue weighted by Crippen LogP contribution is -2.60. The van der Waals surface area contributed by atoms with Gasteiger partial charge >= 0.3 is 5.97 Å². The van der Waals surface area contributed by atoms with Crippen molar-refractivity contribution in [2.45, 2.75) is 108 Å². The van der Waals surface area contributed by atoms with Gasteiger partial charge in [-0.1, -0.05) is 44.2 Å². The molecule has 7 atom stereocenters. The first-order valence-corrected chi connectivity index (χ1v) is 21.6. The van der Waals surface area contributed by atoms with Crippen LogP contribution in [0.5, 0.6) is 0 Å². The van der Waals surface area contributed by atoms with Crippen LogP contribution in [0, 0.1) is 5.92 Å². The number of benzene rings is 1. The fourth-order valence-corrected chi connectivity index (χ4v) is 6.87. The second-order valence-corrected chi connectivity index (χ2v) is 16.1. The molecule has 16 N–H and O–H groups in total. The molecule has 0 radical (unpaired) electrons. The molecular weight excluding hydrogens is 871 g/mol. The number of hydrogen-bond acceptors (Lipinski definition) is 13. The molecule has 360 valence electrons. The van der Waals surface area contributed by atoms with Crippen molar-refractivity contribution in [1.82, 2.24) is 42.1 Å². The topological polar surface area (TPSA) is 395 Å². The van der Waals surface area contributed by atoms with Gasteiger partial charge in [0, 0.05) is 25.3 Å². The fourth-order valence-electron chi connectivity index (χ4n) is 6.61. The van der Waals surface area contributed by atoms with Crippen molar-refractivity contribution in [2.24, 2.45) is 33.8 Å². The van der Waals surface area contributed by atoms with E-state index in [1.807, 2.05) is 0 Å². The van der Waals surface area contributed by atoms with Gasteiger partial charge in [-0.15, -0.1) is 0 Å². The van der Waals surface area contributed by atoms with Crippen molar-refractivity contribution in [3.8, 4) is 0 Å². The van der Waals surface area contributed by atoms with Crippen molar-refractivity contribution in [3.63, 3.8) is 0 Å². The Bertz CT molecular complexity index is 1880. The molecule has 0 saturated carbocycles. The van der Waals surface area contributed by atoms with Crippen LogP contribution in [0.3, 0.4) is 0 Å². The number of carbonyl (C=O) groups excluding carboxylic acids is 9. The molecule has 9 amide bonds. The molecule has 1 saturated heterocycles. The fraction of sp³-hybridized carbons (Fsp3) is 0.575. The molecular formula is C40H63N13O11S. The highest BCUT2D eigenvalue weighted by molar-refractivity contribution is 7.80. The molecule has 1 aliphatic heterocycles. The molecule has 1 aromatic rings. The average molecular weight is 934 g/mol. The maximum absolute atomic E-state index is 13.8. The van der Waals surface area contributed by atoms with E-state index in [0.29, 0.717) is 12.0 Å². The monoisotopic (exact) mass is 933 g/mol. The lowest BCUT2D eigenvalue weighted by molar-refractivity contribution is -0.142. The Morgan fingerprint density at radius 3 is 1.95 bits per heavy atom. The number of rotatable bonds is 27. The van der Waals surface area contributed by atoms with E-state index in [-0.39, 0.29) is 69.4 Å². The standard InChI is InChI=1S/C40H63N13O11S/c1-21(2)15-25(35(59)51-27(39(63)64)16-23-9-5-4-6-10-23)49-36(60)26(17-30(42)54)50-37(61)28(20-65)52-34(58)24(11-7-13-45-40(43)44)48-38(62)29-12-8-14-53(29)32(56)19-46-33(57)22(3)47-31(55)18-41/h4-6,9-10,21-22,24-29,65H,7-8,11-20,41H2,1-3H3,(H2,42,54)(H,46,57)(H,47,55)(H,48,62)(H,49,60)(H,50,61)(H,51,59)(H,52,58)(H,63,64)(H4,43,44,45)/t22-,24-,25-,26-,27-,28-,29-/m0/s1. The Kier molecular flexibility index (Phi) is 23.2. The number of nitrogens with two attached hydrogens (primary N) is 4. The largest absolute Gasteiger partial charge is 0.480 e. The number of nitrogens with zero attached hydrogens (tertiary/aromatic N) is 2. The summed E-state index contributed by atoms with van der Waals surface area (Å²) in [5.74, 6) is -9.35. The number of carbonyl (C=O) groups is 10. The minimum absolute atomic E-state index is 0.0389. The van der Waals surface area contributed by atoms with Crippen molar-refractivity contribution in [1.29, 1.82) is 0 Å². The van der Waals surface area contributed by atoms with E-state index in [2.05, 4.69) is 54.8 Å². The number of thiol groups is 1. The van der Waals surface area contributed by atoms with Crippen LogP contribution >= 0.6 is 12.6 Å². The number of aliphatic imine (C=N–C) groups is 1. The lowest BCUT2D eigenvalue weighted by Gasteiger charge is -2.28. The number of carboxylic acid groups (broad SMARTS) is 1. The van der Waals surface area contributed by atoms with Gasteiger partial charge < -0.3 is 70.2 Å². The highest BCUT2D eigenvalue weighted by Gasteiger charge is 2.37. The summed E-state index contributed by atoms with van der Waals surface area (Å²) >= 11 is 4.20. The van der Waals surface area contributed by atoms with Crippen molar-refractivity contribution in [3.05, 3.63) is 35.9 Å². The van der Waals surface area contributed by atoms with Gasteiger partial charge in [-0.25, -0.2) is 4.79 Å². The molecule has 24 nitrogen and oxygen atoms in total. The van der Waals surface area contributed by atoms with Gasteiger partial charge in [-0.3, -0.25) is 48.1 Å². The minimum Gasteiger partial charge on any atom is -0.480 e. The Morgan fingerprint density at radius 2 is 1.37 bits per heavy atom. The first-order valence-electron chi connectivity index (χ1n) is 21.0. The molecule has 0 spiro atoms. The van der Waals surface area contributed by atoms with Gasteiger partial charge in [0.15, 0.2) is 5.96 Å². The van der Waals surface area contributed by atoms with Crippen LogP contribution in [0.1, 0.15) is 64.9 Å². The number of amides is 9. The van der Waals surface area contributed by atoms with Crippen LogP contribution in [-0.4, -0.2) is 149 Å². The summed E-state index contributed by atoms with van der Waals surface area (Å²) in [6.45, 7) is 4.30. The second-order valence-electron chi connectivity index (χ2n) is 15.7. The predicted molar refractivity (Wildman–Crippen MR) is 239 cm³/mol. The molecule has 1 aliphatic rings. The van der Waals surface area contributed by atoms with Crippen LogP contribution in [0.4, 0.5) is 0 Å². The van der Waals surface area contributed by atoms with E-state index in [0.717, 1.165) is 0 Å². The second kappa shape index (κ2) is 27.6. The van der Waals surface area contributed by atoms with Gasteiger partial charge in [-0.2, -0.15) is 12.6 Å². The molecule has 0 aromatic heterocycles. The smallest absolute Gasteiger partial charge is 0.326 e. The summed E-state index contributed by atoms with van der Waals surface area (Å²) in [7, 11) is 0. The molecule has 65 heavy (non-hydrogen) atoms. The number of likely N-dealkylation sites (tertiary alicyclic amines) is 1. The van der Waals surface area contributed by atoms with Crippen LogP contribution in [0.15, 0.2) is 35.3 Å². The van der Waals surface area contributed by atoms with E-state index < -0.39 is 114 Å². The van der Waals surface area contributed by atoms with Crippen LogP contribution in [-0.2, 0) is 54.4 Å². The van der Waals surface area contributed by atoms with Crippen LogP contribution < -0.4 is 60.2 Å². The Hall–Kier alpha value is -6.50. The quantitative estimate of drug-likeness (QED) is 0.0171. The average Bonchev–Trinajstić information content (AvgIpc) is 3.75. The zero-order valence-electron chi connectivity index (χ0n) is 36.7. The Balaban J connectivity index is 2.22. The number of aliphatic carboxylic acids is 1. The molecule has 1 fully saturated rings. The van der Waals surface area contributed by atoms with E-state index in [4.69, 9.17) is 22.9 Å². The minimum atomic E-state index is -1.67. The van der Waals surface area contributed by atoms with Gasteiger partial charge in [-0.05, 0) is 50.5 Å². The van der Waals surface area contributed by atoms with E-state index in [1.54, 1.807) is 44.2 Å². The maximum Gasteiger partial charge on any atom is 0.326 e. The third-order valence-corrected chi connectivity index (χ3v) is 10.3. The molecule has 0 aliphatic carbocycles. The third-order valence-electron chi connectivity index (χ3n) is 9.92. The van der Waals surface area contributed by atoms with E-state index >= 15 is 0 Å². The Labute approximate surface area is 381 Å². The number of carboxylic acids is 1. The summed E-state index contributed by atoms with van der Waals surface area (Å²) in [5, 5.41) is 27.0. The highest BCUT2D eigenvalue weighted by atomic mass is 32.1. The molecule has 0 bridgehead atoms. The first-order chi connectivity index (χ1) is 30.7. The highest BCUT2D eigenvalue weighted by Crippen LogP contribution is 2.18. The molecule has 1 aromatic carbocycles. The maximum atomic E-state index is 13.8. The van der Waals surface area contributed by atoms with Crippen LogP contribution in [0.2, 0.25) is 0 Å². The number of nitrogens with one attached hydrogen (secondary N) is 7. The Morgan fingerprint density at radius 1 is 0.785 bits per heavy atom. The van der Waals surface area contributed by atoms with Gasteiger partial charge in [0.1, 0.15) is 42.3 Å². The normalized spacial score (nSPS) is 16.0.